The molecule has 0 aliphatic rings. The SMILES string of the molecule is CC.CSc1nc(-c2ccc(F)cc2F)c2ccc(=O)n(-c3c(F)cc(F)cc3F)c2n1. The van der Waals surface area contributed by atoms with Gasteiger partial charge in [0.05, 0.1) is 5.69 Å². The van der Waals surface area contributed by atoms with Gasteiger partial charge in [0, 0.05) is 35.2 Å². The summed E-state index contributed by atoms with van der Waals surface area (Å²) in [4.78, 5) is 20.9. The molecule has 2 heterocycles. The quantitative estimate of drug-likeness (QED) is 0.215. The van der Waals surface area contributed by atoms with Crippen LogP contribution in [0.5, 0.6) is 0 Å². The smallest absolute Gasteiger partial charge is 0.256 e. The van der Waals surface area contributed by atoms with Crippen LogP contribution in [0.15, 0.2) is 52.4 Å². The topological polar surface area (TPSA) is 47.8 Å². The van der Waals surface area contributed by atoms with Gasteiger partial charge in [0.15, 0.2) is 22.4 Å². The van der Waals surface area contributed by atoms with Crippen LogP contribution in [-0.4, -0.2) is 20.8 Å². The van der Waals surface area contributed by atoms with Gasteiger partial charge in [-0.3, -0.25) is 9.36 Å². The number of benzene rings is 2. The Morgan fingerprint density at radius 2 is 1.44 bits per heavy atom. The van der Waals surface area contributed by atoms with Gasteiger partial charge in [-0.25, -0.2) is 31.9 Å². The number of hydrogen-bond acceptors (Lipinski definition) is 4. The van der Waals surface area contributed by atoms with Crippen LogP contribution < -0.4 is 5.56 Å². The van der Waals surface area contributed by atoms with Gasteiger partial charge in [0.25, 0.3) is 5.56 Å². The van der Waals surface area contributed by atoms with Crippen LogP contribution in [0.3, 0.4) is 0 Å². The molecular weight excluding hydrogens is 449 g/mol. The van der Waals surface area contributed by atoms with E-state index in [1.54, 1.807) is 6.26 Å². The average molecular weight is 465 g/mol. The molecule has 4 rings (SSSR count). The highest BCUT2D eigenvalue weighted by molar-refractivity contribution is 7.98. The number of fused-ring (bicyclic) bond motifs is 1. The highest BCUT2D eigenvalue weighted by atomic mass is 32.2. The Morgan fingerprint density at radius 1 is 0.812 bits per heavy atom. The van der Waals surface area contributed by atoms with Gasteiger partial charge in [-0.2, -0.15) is 0 Å². The molecule has 0 aliphatic heterocycles. The Morgan fingerprint density at radius 3 is 2.03 bits per heavy atom. The van der Waals surface area contributed by atoms with Crippen LogP contribution in [-0.2, 0) is 0 Å². The van der Waals surface area contributed by atoms with Crippen molar-refractivity contribution in [3.05, 3.63) is 81.9 Å². The molecule has 10 heteroatoms. The number of thioether (sulfide) groups is 1. The molecular formula is C22H16F5N3OS. The molecule has 0 saturated heterocycles. The van der Waals surface area contributed by atoms with E-state index in [1.807, 2.05) is 13.8 Å². The van der Waals surface area contributed by atoms with Crippen molar-refractivity contribution in [2.24, 2.45) is 0 Å². The van der Waals surface area contributed by atoms with Crippen molar-refractivity contribution in [1.29, 1.82) is 0 Å². The lowest BCUT2D eigenvalue weighted by molar-refractivity contribution is 0.533. The summed E-state index contributed by atoms with van der Waals surface area (Å²) in [6.07, 6.45) is 1.61. The van der Waals surface area contributed by atoms with Gasteiger partial charge in [0.2, 0.25) is 0 Å². The standard InChI is InChI=1S/C20H10F5N3OS.C2H6/c1-30-20-26-17(11-3-2-9(21)6-13(11)23)12-4-5-16(29)28(19(12)27-20)18-14(24)7-10(22)8-15(18)25;1-2/h2-8H,1H3;1-2H3. The second-order valence-electron chi connectivity index (χ2n) is 6.15. The molecule has 0 atom stereocenters. The van der Waals surface area contributed by atoms with Crippen LogP contribution in [0.25, 0.3) is 28.0 Å². The first-order chi connectivity index (χ1) is 15.3. The zero-order valence-corrected chi connectivity index (χ0v) is 17.9. The summed E-state index contributed by atoms with van der Waals surface area (Å²) in [5.41, 5.74) is -1.99. The first-order valence-electron chi connectivity index (χ1n) is 9.38. The number of hydrogen-bond donors (Lipinski definition) is 0. The van der Waals surface area contributed by atoms with Gasteiger partial charge >= 0.3 is 0 Å². The fourth-order valence-electron chi connectivity index (χ4n) is 3.04. The molecule has 0 amide bonds. The molecule has 0 unspecified atom stereocenters. The molecule has 4 aromatic rings. The minimum Gasteiger partial charge on any atom is -0.269 e. The van der Waals surface area contributed by atoms with E-state index in [0.717, 1.165) is 30.0 Å². The highest BCUT2D eigenvalue weighted by Crippen LogP contribution is 2.31. The molecule has 32 heavy (non-hydrogen) atoms. The molecule has 2 aromatic heterocycles. The van der Waals surface area contributed by atoms with Gasteiger partial charge in [-0.1, -0.05) is 25.6 Å². The molecule has 0 bridgehead atoms. The zero-order chi connectivity index (χ0) is 23.6. The van der Waals surface area contributed by atoms with Crippen LogP contribution in [0.1, 0.15) is 13.8 Å². The van der Waals surface area contributed by atoms with Crippen LogP contribution in [0.2, 0.25) is 0 Å². The lowest BCUT2D eigenvalue weighted by atomic mass is 10.1. The lowest BCUT2D eigenvalue weighted by Crippen LogP contribution is -2.21. The summed E-state index contributed by atoms with van der Waals surface area (Å²) < 4.78 is 70.6. The summed E-state index contributed by atoms with van der Waals surface area (Å²) in [5.74, 6) is -5.51. The second kappa shape index (κ2) is 9.47. The van der Waals surface area contributed by atoms with Gasteiger partial charge in [0.1, 0.15) is 23.1 Å². The summed E-state index contributed by atoms with van der Waals surface area (Å²) in [6, 6.07) is 5.98. The highest BCUT2D eigenvalue weighted by Gasteiger charge is 2.21. The van der Waals surface area contributed by atoms with E-state index in [-0.39, 0.29) is 27.4 Å². The van der Waals surface area contributed by atoms with Crippen LogP contribution in [0.4, 0.5) is 22.0 Å². The van der Waals surface area contributed by atoms with Crippen molar-refractivity contribution in [3.8, 4) is 16.9 Å². The number of nitrogens with zero attached hydrogens (tertiary/aromatic N) is 3. The molecule has 0 fully saturated rings. The Balaban J connectivity index is 0.00000141. The first-order valence-corrected chi connectivity index (χ1v) is 10.6. The summed E-state index contributed by atoms with van der Waals surface area (Å²) in [7, 11) is 0. The normalized spacial score (nSPS) is 10.8. The first kappa shape index (κ1) is 23.4. The van der Waals surface area contributed by atoms with Crippen LogP contribution in [0, 0.1) is 29.1 Å². The molecule has 166 valence electrons. The van der Waals surface area contributed by atoms with E-state index < -0.39 is 40.3 Å². The maximum absolute atomic E-state index is 14.4. The third kappa shape index (κ3) is 4.22. The van der Waals surface area contributed by atoms with Crippen molar-refractivity contribution in [2.75, 3.05) is 6.26 Å². The Labute approximate surface area is 183 Å². The zero-order valence-electron chi connectivity index (χ0n) is 17.1. The average Bonchev–Trinajstić information content (AvgIpc) is 2.75. The lowest BCUT2D eigenvalue weighted by Gasteiger charge is -2.14. The maximum Gasteiger partial charge on any atom is 0.256 e. The van der Waals surface area contributed by atoms with Gasteiger partial charge < -0.3 is 0 Å². The number of pyridine rings is 1. The molecule has 2 aromatic carbocycles. The fourth-order valence-corrected chi connectivity index (χ4v) is 3.40. The summed E-state index contributed by atoms with van der Waals surface area (Å²) >= 11 is 1.04. The molecule has 0 saturated carbocycles. The largest absolute Gasteiger partial charge is 0.269 e. The van der Waals surface area contributed by atoms with E-state index >= 15 is 0 Å². The molecule has 0 radical (unpaired) electrons. The van der Waals surface area contributed by atoms with E-state index in [0.29, 0.717) is 22.8 Å². The number of halogens is 5. The monoisotopic (exact) mass is 465 g/mol. The van der Waals surface area contributed by atoms with Crippen molar-refractivity contribution < 1.29 is 22.0 Å². The Hall–Kier alpha value is -3.27. The fraction of sp³-hybridized carbons (Fsp3) is 0.136. The summed E-state index contributed by atoms with van der Waals surface area (Å²) in [5, 5.41) is 0.157. The van der Waals surface area contributed by atoms with Crippen LogP contribution >= 0.6 is 11.8 Å². The minimum atomic E-state index is -1.32. The predicted molar refractivity (Wildman–Crippen MR) is 113 cm³/mol. The second-order valence-corrected chi connectivity index (χ2v) is 6.92. The van der Waals surface area contributed by atoms with Crippen molar-refractivity contribution in [2.45, 2.75) is 19.0 Å². The third-order valence-corrected chi connectivity index (χ3v) is 4.85. The number of rotatable bonds is 3. The van der Waals surface area contributed by atoms with Crippen molar-refractivity contribution in [1.82, 2.24) is 14.5 Å². The molecule has 4 nitrogen and oxygen atoms in total. The van der Waals surface area contributed by atoms with E-state index in [2.05, 4.69) is 9.97 Å². The van der Waals surface area contributed by atoms with Gasteiger partial charge in [-0.15, -0.1) is 0 Å². The van der Waals surface area contributed by atoms with Crippen molar-refractivity contribution >= 4 is 22.8 Å². The third-order valence-electron chi connectivity index (χ3n) is 4.30. The maximum atomic E-state index is 14.4. The van der Waals surface area contributed by atoms with Crippen molar-refractivity contribution in [3.63, 3.8) is 0 Å². The molecule has 0 N–H and O–H groups in total. The van der Waals surface area contributed by atoms with Gasteiger partial charge in [-0.05, 0) is 24.5 Å². The molecule has 0 aliphatic carbocycles. The van der Waals surface area contributed by atoms with E-state index in [9.17, 15) is 26.7 Å². The molecule has 0 spiro atoms. The predicted octanol–water partition coefficient (Wildman–Crippen LogP) is 5.89. The van der Waals surface area contributed by atoms with E-state index in [4.69, 9.17) is 0 Å². The Bertz CT molecular complexity index is 1350. The number of aromatic nitrogens is 3. The summed E-state index contributed by atoms with van der Waals surface area (Å²) in [6.45, 7) is 4.00. The van der Waals surface area contributed by atoms with E-state index in [1.165, 1.54) is 6.07 Å². The minimum absolute atomic E-state index is 0.00136. The Kier molecular flexibility index (Phi) is 6.93.